The summed E-state index contributed by atoms with van der Waals surface area (Å²) in [5.74, 6) is 1.52. The first kappa shape index (κ1) is 11.9. The van der Waals surface area contributed by atoms with Crippen molar-refractivity contribution < 1.29 is 4.79 Å². The normalized spacial score (nSPS) is 20.4. The van der Waals surface area contributed by atoms with E-state index in [1.165, 1.54) is 12.8 Å². The molecule has 14 heavy (non-hydrogen) atoms. The lowest BCUT2D eigenvalue weighted by Crippen LogP contribution is -2.32. The number of carbonyl (C=O) groups is 1. The minimum absolute atomic E-state index is 0.135. The van der Waals surface area contributed by atoms with Crippen LogP contribution in [-0.2, 0) is 4.79 Å². The third-order valence-corrected chi connectivity index (χ3v) is 4.14. The zero-order valence-electron chi connectivity index (χ0n) is 9.01. The van der Waals surface area contributed by atoms with Crippen LogP contribution in [0.4, 0.5) is 0 Å². The molecule has 1 fully saturated rings. The van der Waals surface area contributed by atoms with E-state index in [1.54, 1.807) is 18.8 Å². The van der Waals surface area contributed by atoms with Crippen molar-refractivity contribution in [2.24, 2.45) is 5.92 Å². The Labute approximate surface area is 90.4 Å². The Kier molecular flexibility index (Phi) is 5.33. The molecule has 1 rings (SSSR count). The van der Waals surface area contributed by atoms with Crippen LogP contribution >= 0.6 is 11.8 Å². The highest BCUT2D eigenvalue weighted by Gasteiger charge is 2.20. The molecule has 4 heteroatoms. The number of nitrogens with one attached hydrogen (secondary N) is 2. The Bertz CT molecular complexity index is 181. The van der Waals surface area contributed by atoms with Gasteiger partial charge in [0.25, 0.3) is 0 Å². The fourth-order valence-electron chi connectivity index (χ4n) is 1.73. The predicted molar refractivity (Wildman–Crippen MR) is 61.6 cm³/mol. The van der Waals surface area contributed by atoms with Crippen LogP contribution in [0.25, 0.3) is 0 Å². The molecule has 1 aliphatic heterocycles. The van der Waals surface area contributed by atoms with Gasteiger partial charge in [0.05, 0.1) is 5.75 Å². The van der Waals surface area contributed by atoms with E-state index in [-0.39, 0.29) is 5.91 Å². The van der Waals surface area contributed by atoms with E-state index >= 15 is 0 Å². The van der Waals surface area contributed by atoms with Crippen molar-refractivity contribution in [1.82, 2.24) is 10.6 Å². The Morgan fingerprint density at radius 2 is 2.21 bits per heavy atom. The van der Waals surface area contributed by atoms with Gasteiger partial charge in [0.1, 0.15) is 0 Å². The first-order valence-electron chi connectivity index (χ1n) is 5.27. The number of thioether (sulfide) groups is 1. The van der Waals surface area contributed by atoms with Crippen LogP contribution in [0.2, 0.25) is 0 Å². The number of hydrogen-bond acceptors (Lipinski definition) is 3. The molecule has 1 saturated heterocycles. The van der Waals surface area contributed by atoms with Crippen molar-refractivity contribution in [2.75, 3.05) is 25.9 Å². The zero-order chi connectivity index (χ0) is 10.4. The maximum Gasteiger partial charge on any atom is 0.229 e. The van der Waals surface area contributed by atoms with Gasteiger partial charge in [0, 0.05) is 12.3 Å². The maximum atomic E-state index is 11.1. The average Bonchev–Trinajstić information content (AvgIpc) is 2.26. The highest BCUT2D eigenvalue weighted by atomic mass is 32.2. The van der Waals surface area contributed by atoms with Crippen molar-refractivity contribution in [3.05, 3.63) is 0 Å². The number of amides is 1. The van der Waals surface area contributed by atoms with E-state index in [1.807, 2.05) is 0 Å². The Morgan fingerprint density at radius 1 is 1.57 bits per heavy atom. The van der Waals surface area contributed by atoms with Gasteiger partial charge in [-0.25, -0.2) is 0 Å². The van der Waals surface area contributed by atoms with Crippen LogP contribution in [0, 0.1) is 5.92 Å². The summed E-state index contributed by atoms with van der Waals surface area (Å²) in [7, 11) is 1.69. The second kappa shape index (κ2) is 6.30. The topological polar surface area (TPSA) is 41.1 Å². The van der Waals surface area contributed by atoms with E-state index in [9.17, 15) is 4.79 Å². The molecular formula is C10H20N2OS. The second-order valence-corrected chi connectivity index (χ2v) is 5.14. The third-order valence-electron chi connectivity index (χ3n) is 2.80. The Balaban J connectivity index is 2.19. The van der Waals surface area contributed by atoms with Gasteiger partial charge >= 0.3 is 0 Å². The molecular weight excluding hydrogens is 196 g/mol. The minimum Gasteiger partial charge on any atom is -0.358 e. The number of piperidine rings is 1. The number of rotatable bonds is 4. The summed E-state index contributed by atoms with van der Waals surface area (Å²) in [4.78, 5) is 11.1. The summed E-state index contributed by atoms with van der Waals surface area (Å²) in [6.45, 7) is 4.51. The molecule has 0 aromatic carbocycles. The minimum atomic E-state index is 0.135. The van der Waals surface area contributed by atoms with Crippen LogP contribution in [-0.4, -0.2) is 37.0 Å². The van der Waals surface area contributed by atoms with Crippen molar-refractivity contribution >= 4 is 17.7 Å². The van der Waals surface area contributed by atoms with Crippen LogP contribution < -0.4 is 10.6 Å². The fourth-order valence-corrected chi connectivity index (χ4v) is 2.83. The van der Waals surface area contributed by atoms with Gasteiger partial charge in [0.2, 0.25) is 5.91 Å². The molecule has 1 heterocycles. The summed E-state index contributed by atoms with van der Waals surface area (Å²) in [6, 6.07) is 0. The quantitative estimate of drug-likeness (QED) is 0.732. The molecule has 0 aromatic rings. The van der Waals surface area contributed by atoms with Gasteiger partial charge in [-0.1, -0.05) is 6.92 Å². The number of hydrogen-bond donors (Lipinski definition) is 2. The molecule has 1 atom stereocenters. The molecule has 3 nitrogen and oxygen atoms in total. The summed E-state index contributed by atoms with van der Waals surface area (Å²) < 4.78 is 0. The molecule has 1 unspecified atom stereocenters. The standard InChI is InChI=1S/C10H20N2OS/c1-8(14-7-10(13)11-2)9-3-5-12-6-4-9/h8-9,12H,3-7H2,1-2H3,(H,11,13). The molecule has 82 valence electrons. The molecule has 0 saturated carbocycles. The van der Waals surface area contributed by atoms with Crippen LogP contribution in [0.15, 0.2) is 0 Å². The second-order valence-electron chi connectivity index (χ2n) is 3.78. The molecule has 1 amide bonds. The Morgan fingerprint density at radius 3 is 2.79 bits per heavy atom. The summed E-state index contributed by atoms with van der Waals surface area (Å²) in [5, 5.41) is 6.61. The van der Waals surface area contributed by atoms with Gasteiger partial charge in [-0.05, 0) is 31.8 Å². The van der Waals surface area contributed by atoms with Crippen molar-refractivity contribution in [2.45, 2.75) is 25.0 Å². The highest BCUT2D eigenvalue weighted by Crippen LogP contribution is 2.25. The van der Waals surface area contributed by atoms with Gasteiger partial charge in [0.15, 0.2) is 0 Å². The van der Waals surface area contributed by atoms with Crippen LogP contribution in [0.3, 0.4) is 0 Å². The Hall–Kier alpha value is -0.220. The molecule has 0 radical (unpaired) electrons. The van der Waals surface area contributed by atoms with Crippen molar-refractivity contribution in [3.63, 3.8) is 0 Å². The largest absolute Gasteiger partial charge is 0.358 e. The van der Waals surface area contributed by atoms with E-state index < -0.39 is 0 Å². The summed E-state index contributed by atoms with van der Waals surface area (Å²) >= 11 is 1.78. The van der Waals surface area contributed by atoms with E-state index in [0.717, 1.165) is 19.0 Å². The van der Waals surface area contributed by atoms with Crippen LogP contribution in [0.5, 0.6) is 0 Å². The molecule has 2 N–H and O–H groups in total. The van der Waals surface area contributed by atoms with Gasteiger partial charge in [-0.15, -0.1) is 11.8 Å². The molecule has 0 aromatic heterocycles. The lowest BCUT2D eigenvalue weighted by atomic mass is 9.95. The molecule has 0 bridgehead atoms. The van der Waals surface area contributed by atoms with E-state index in [0.29, 0.717) is 11.0 Å². The lowest BCUT2D eigenvalue weighted by molar-refractivity contribution is -0.118. The molecule has 1 aliphatic rings. The average molecular weight is 216 g/mol. The first-order valence-corrected chi connectivity index (χ1v) is 6.32. The maximum absolute atomic E-state index is 11.1. The lowest BCUT2D eigenvalue weighted by Gasteiger charge is -2.27. The monoisotopic (exact) mass is 216 g/mol. The van der Waals surface area contributed by atoms with E-state index in [4.69, 9.17) is 0 Å². The third kappa shape index (κ3) is 3.88. The van der Waals surface area contributed by atoms with Gasteiger partial charge in [-0.2, -0.15) is 0 Å². The number of carbonyl (C=O) groups excluding carboxylic acids is 1. The fraction of sp³-hybridized carbons (Fsp3) is 0.900. The smallest absolute Gasteiger partial charge is 0.229 e. The molecule has 0 aliphatic carbocycles. The van der Waals surface area contributed by atoms with Crippen molar-refractivity contribution in [3.8, 4) is 0 Å². The van der Waals surface area contributed by atoms with Gasteiger partial charge in [-0.3, -0.25) is 4.79 Å². The highest BCUT2D eigenvalue weighted by molar-refractivity contribution is 8.00. The SMILES string of the molecule is CNC(=O)CSC(C)C1CCNCC1. The van der Waals surface area contributed by atoms with Crippen molar-refractivity contribution in [1.29, 1.82) is 0 Å². The van der Waals surface area contributed by atoms with Gasteiger partial charge < -0.3 is 10.6 Å². The summed E-state index contributed by atoms with van der Waals surface area (Å²) in [6.07, 6.45) is 2.50. The first-order chi connectivity index (χ1) is 6.74. The summed E-state index contributed by atoms with van der Waals surface area (Å²) in [5.41, 5.74) is 0. The van der Waals surface area contributed by atoms with Crippen LogP contribution in [0.1, 0.15) is 19.8 Å². The molecule has 0 spiro atoms. The predicted octanol–water partition coefficient (Wildman–Crippen LogP) is 0.854. The zero-order valence-corrected chi connectivity index (χ0v) is 9.82. The van der Waals surface area contributed by atoms with E-state index in [2.05, 4.69) is 17.6 Å².